The van der Waals surface area contributed by atoms with E-state index < -0.39 is 0 Å². The van der Waals surface area contributed by atoms with Crippen molar-refractivity contribution in [3.05, 3.63) is 44.7 Å². The van der Waals surface area contributed by atoms with Crippen LogP contribution in [0.25, 0.3) is 11.7 Å². The average Bonchev–Trinajstić information content (AvgIpc) is 3.09. The molecule has 1 fully saturated rings. The SMILES string of the molecule is CCCCCCCCN1C(=O)C(=Cc2c(NCCCCC)nc3ccc(C)cn3c2=O)SC1=S. The summed E-state index contributed by atoms with van der Waals surface area (Å²) in [5, 5.41) is 3.33. The molecule has 34 heavy (non-hydrogen) atoms. The van der Waals surface area contributed by atoms with E-state index in [1.54, 1.807) is 21.6 Å². The summed E-state index contributed by atoms with van der Waals surface area (Å²) in [6.45, 7) is 7.65. The molecule has 3 heterocycles. The number of thioether (sulfide) groups is 1. The van der Waals surface area contributed by atoms with Crippen LogP contribution in [0.1, 0.15) is 82.8 Å². The first-order chi connectivity index (χ1) is 16.5. The molecular weight excluding hydrogens is 464 g/mol. The van der Waals surface area contributed by atoms with E-state index in [-0.39, 0.29) is 11.5 Å². The molecule has 0 saturated carbocycles. The lowest BCUT2D eigenvalue weighted by molar-refractivity contribution is -0.122. The van der Waals surface area contributed by atoms with Gasteiger partial charge in [0.25, 0.3) is 11.5 Å². The predicted molar refractivity (Wildman–Crippen MR) is 147 cm³/mol. The van der Waals surface area contributed by atoms with Crippen molar-refractivity contribution in [2.45, 2.75) is 78.6 Å². The van der Waals surface area contributed by atoms with Crippen molar-refractivity contribution in [3.8, 4) is 0 Å². The number of nitrogens with one attached hydrogen (secondary N) is 1. The van der Waals surface area contributed by atoms with Crippen LogP contribution in [0.5, 0.6) is 0 Å². The highest BCUT2D eigenvalue weighted by Gasteiger charge is 2.32. The Morgan fingerprint density at radius 3 is 2.50 bits per heavy atom. The van der Waals surface area contributed by atoms with Crippen LogP contribution in [0.3, 0.4) is 0 Å². The molecule has 1 saturated heterocycles. The Kier molecular flexibility index (Phi) is 10.1. The number of aryl methyl sites for hydroxylation is 1. The minimum absolute atomic E-state index is 0.116. The summed E-state index contributed by atoms with van der Waals surface area (Å²) < 4.78 is 2.11. The number of hydrogen-bond acceptors (Lipinski definition) is 6. The summed E-state index contributed by atoms with van der Waals surface area (Å²) in [5.41, 5.74) is 1.77. The van der Waals surface area contributed by atoms with Crippen molar-refractivity contribution < 1.29 is 4.79 Å². The first-order valence-electron chi connectivity index (χ1n) is 12.5. The number of amides is 1. The highest BCUT2D eigenvalue weighted by atomic mass is 32.2. The average molecular weight is 501 g/mol. The standard InChI is InChI=1S/C26H36N4O2S2/c1-4-6-8-9-10-12-16-29-25(32)21(34-26(29)33)17-20-23(27-15-11-7-5-2)28-22-14-13-19(3)18-30(22)24(20)31/h13-14,17-18,27H,4-12,15-16H2,1-3H3. The van der Waals surface area contributed by atoms with Crippen LogP contribution in [0.2, 0.25) is 0 Å². The summed E-state index contributed by atoms with van der Waals surface area (Å²) in [7, 11) is 0. The molecule has 1 amide bonds. The number of hydrogen-bond donors (Lipinski definition) is 1. The molecule has 2 aromatic heterocycles. The van der Waals surface area contributed by atoms with Gasteiger partial charge < -0.3 is 5.32 Å². The molecule has 0 spiro atoms. The van der Waals surface area contributed by atoms with Gasteiger partial charge in [0, 0.05) is 19.3 Å². The number of anilines is 1. The maximum atomic E-state index is 13.4. The molecule has 2 aromatic rings. The number of fused-ring (bicyclic) bond motifs is 1. The summed E-state index contributed by atoms with van der Waals surface area (Å²) in [5.74, 6) is 0.403. The smallest absolute Gasteiger partial charge is 0.267 e. The first kappa shape index (κ1) is 26.4. The molecule has 6 nitrogen and oxygen atoms in total. The van der Waals surface area contributed by atoms with E-state index >= 15 is 0 Å². The fraction of sp³-hybridized carbons (Fsp3) is 0.538. The second-order valence-electron chi connectivity index (χ2n) is 8.85. The summed E-state index contributed by atoms with van der Waals surface area (Å²) in [4.78, 5) is 33.4. The van der Waals surface area contributed by atoms with Gasteiger partial charge in [-0.15, -0.1) is 0 Å². The molecule has 0 atom stereocenters. The summed E-state index contributed by atoms with van der Waals surface area (Å²) in [6.07, 6.45) is 13.6. The molecule has 8 heteroatoms. The normalized spacial score (nSPS) is 15.1. The van der Waals surface area contributed by atoms with E-state index in [4.69, 9.17) is 17.2 Å². The quantitative estimate of drug-likeness (QED) is 0.202. The van der Waals surface area contributed by atoms with E-state index in [1.807, 2.05) is 19.1 Å². The second-order valence-corrected chi connectivity index (χ2v) is 10.5. The molecule has 0 aromatic carbocycles. The minimum atomic E-state index is -0.187. The fourth-order valence-corrected chi connectivity index (χ4v) is 5.27. The number of thiocarbonyl (C=S) groups is 1. The predicted octanol–water partition coefficient (Wildman–Crippen LogP) is 6.17. The lowest BCUT2D eigenvalue weighted by Crippen LogP contribution is -2.29. The topological polar surface area (TPSA) is 66.7 Å². The molecule has 0 unspecified atom stereocenters. The first-order valence-corrected chi connectivity index (χ1v) is 13.7. The number of rotatable bonds is 13. The van der Waals surface area contributed by atoms with E-state index in [0.29, 0.717) is 32.8 Å². The lowest BCUT2D eigenvalue weighted by Gasteiger charge is -2.14. The third-order valence-electron chi connectivity index (χ3n) is 5.96. The Bertz CT molecular complexity index is 1110. The number of nitrogens with zero attached hydrogens (tertiary/aromatic N) is 3. The van der Waals surface area contributed by atoms with Gasteiger partial charge in [0.15, 0.2) is 0 Å². The Morgan fingerprint density at radius 2 is 1.74 bits per heavy atom. The van der Waals surface area contributed by atoms with Crippen molar-refractivity contribution in [1.82, 2.24) is 14.3 Å². The van der Waals surface area contributed by atoms with E-state index in [1.165, 1.54) is 37.4 Å². The van der Waals surface area contributed by atoms with Crippen molar-refractivity contribution in [2.24, 2.45) is 0 Å². The van der Waals surface area contributed by atoms with Gasteiger partial charge in [-0.2, -0.15) is 0 Å². The molecule has 0 bridgehead atoms. The zero-order chi connectivity index (χ0) is 24.5. The fourth-order valence-electron chi connectivity index (χ4n) is 3.98. The molecule has 1 N–H and O–H groups in total. The third kappa shape index (κ3) is 6.69. The molecule has 1 aliphatic rings. The van der Waals surface area contributed by atoms with Crippen LogP contribution in [0.15, 0.2) is 28.0 Å². The molecule has 0 radical (unpaired) electrons. The molecule has 3 rings (SSSR count). The lowest BCUT2D eigenvalue weighted by atomic mass is 10.1. The van der Waals surface area contributed by atoms with Crippen LogP contribution in [-0.2, 0) is 4.79 Å². The van der Waals surface area contributed by atoms with Crippen LogP contribution in [0.4, 0.5) is 5.82 Å². The van der Waals surface area contributed by atoms with Crippen molar-refractivity contribution >= 4 is 51.7 Å². The Balaban J connectivity index is 1.84. The van der Waals surface area contributed by atoms with Gasteiger partial charge in [-0.05, 0) is 37.5 Å². The zero-order valence-electron chi connectivity index (χ0n) is 20.6. The number of unbranched alkanes of at least 4 members (excludes halogenated alkanes) is 7. The van der Waals surface area contributed by atoms with Crippen molar-refractivity contribution in [3.63, 3.8) is 0 Å². The summed E-state index contributed by atoms with van der Waals surface area (Å²) >= 11 is 6.77. The van der Waals surface area contributed by atoms with Gasteiger partial charge in [0.1, 0.15) is 15.8 Å². The number of carbonyl (C=O) groups is 1. The Hall–Kier alpha value is -2.19. The molecule has 1 aliphatic heterocycles. The van der Waals surface area contributed by atoms with Gasteiger partial charge in [0.2, 0.25) is 0 Å². The monoisotopic (exact) mass is 500 g/mol. The Morgan fingerprint density at radius 1 is 1.03 bits per heavy atom. The van der Waals surface area contributed by atoms with Gasteiger partial charge in [0.05, 0.1) is 10.5 Å². The molecule has 0 aliphatic carbocycles. The number of aromatic nitrogens is 2. The minimum Gasteiger partial charge on any atom is -0.369 e. The number of carbonyl (C=O) groups excluding carboxylic acids is 1. The summed E-state index contributed by atoms with van der Waals surface area (Å²) in [6, 6.07) is 3.79. The van der Waals surface area contributed by atoms with Crippen LogP contribution in [-0.4, -0.2) is 37.6 Å². The van der Waals surface area contributed by atoms with Crippen LogP contribution < -0.4 is 10.9 Å². The third-order valence-corrected chi connectivity index (χ3v) is 7.34. The van der Waals surface area contributed by atoms with Crippen LogP contribution in [0, 0.1) is 6.92 Å². The van der Waals surface area contributed by atoms with Crippen molar-refractivity contribution in [2.75, 3.05) is 18.4 Å². The molecular formula is C26H36N4O2S2. The van der Waals surface area contributed by atoms with Gasteiger partial charge in [-0.25, -0.2) is 4.98 Å². The largest absolute Gasteiger partial charge is 0.369 e. The van der Waals surface area contributed by atoms with E-state index in [2.05, 4.69) is 19.2 Å². The Labute approximate surface area is 212 Å². The maximum absolute atomic E-state index is 13.4. The van der Waals surface area contributed by atoms with Gasteiger partial charge >= 0.3 is 0 Å². The maximum Gasteiger partial charge on any atom is 0.267 e. The zero-order valence-corrected chi connectivity index (χ0v) is 22.2. The second kappa shape index (κ2) is 13.0. The van der Waals surface area contributed by atoms with E-state index in [9.17, 15) is 9.59 Å². The number of pyridine rings is 1. The van der Waals surface area contributed by atoms with Crippen LogP contribution >= 0.6 is 24.0 Å². The highest BCUT2D eigenvalue weighted by molar-refractivity contribution is 8.26. The molecule has 184 valence electrons. The van der Waals surface area contributed by atoms with Crippen molar-refractivity contribution in [1.29, 1.82) is 0 Å². The highest BCUT2D eigenvalue weighted by Crippen LogP contribution is 2.33. The van der Waals surface area contributed by atoms with Gasteiger partial charge in [-0.3, -0.25) is 18.9 Å². The van der Waals surface area contributed by atoms with E-state index in [0.717, 1.165) is 44.2 Å². The van der Waals surface area contributed by atoms with Gasteiger partial charge in [-0.1, -0.05) is 88.8 Å².